The molecule has 0 amide bonds. The summed E-state index contributed by atoms with van der Waals surface area (Å²) in [6, 6.07) is 0. The predicted molar refractivity (Wildman–Crippen MR) is 68.8 cm³/mol. The van der Waals surface area contributed by atoms with Gasteiger partial charge in [-0.3, -0.25) is 0 Å². The van der Waals surface area contributed by atoms with Gasteiger partial charge in [0.25, 0.3) is 0 Å². The molecule has 0 saturated carbocycles. The van der Waals surface area contributed by atoms with E-state index in [2.05, 4.69) is 63.3 Å². The van der Waals surface area contributed by atoms with E-state index in [1.807, 2.05) is 0 Å². The van der Waals surface area contributed by atoms with Crippen molar-refractivity contribution in [3.8, 4) is 0 Å². The molecule has 0 aromatic carbocycles. The van der Waals surface area contributed by atoms with Crippen LogP contribution in [0.1, 0.15) is 40.0 Å². The van der Waals surface area contributed by atoms with Gasteiger partial charge < -0.3 is 0 Å². The van der Waals surface area contributed by atoms with Gasteiger partial charge in [-0.2, -0.15) is 0 Å². The lowest BCUT2D eigenvalue weighted by Crippen LogP contribution is -2.13. The first-order chi connectivity index (χ1) is 7.17. The Bertz CT molecular complexity index is 298. The normalized spacial score (nSPS) is 16.1. The van der Waals surface area contributed by atoms with Crippen LogP contribution >= 0.6 is 0 Å². The zero-order chi connectivity index (χ0) is 11.1. The first-order valence-electron chi connectivity index (χ1n) is 5.89. The van der Waals surface area contributed by atoms with Crippen molar-refractivity contribution in [1.82, 2.24) is 0 Å². The summed E-state index contributed by atoms with van der Waals surface area (Å²) in [7, 11) is 0. The number of allylic oxidation sites excluding steroid dienone is 8. The molecule has 0 saturated heterocycles. The predicted octanol–water partition coefficient (Wildman–Crippen LogP) is 4.81. The van der Waals surface area contributed by atoms with Crippen molar-refractivity contribution in [3.63, 3.8) is 0 Å². The third-order valence-corrected chi connectivity index (χ3v) is 2.93. The fraction of sp³-hybridized carbons (Fsp3) is 0.467. The maximum atomic E-state index is 2.33. The molecule has 0 heteroatoms. The van der Waals surface area contributed by atoms with Crippen LogP contribution in [-0.4, -0.2) is 0 Å². The molecule has 0 atom stereocenters. The second-order valence-corrected chi connectivity index (χ2v) is 4.74. The molecule has 0 nitrogen and oxygen atoms in total. The van der Waals surface area contributed by atoms with E-state index in [1.54, 1.807) is 0 Å². The maximum absolute atomic E-state index is 2.33. The minimum absolute atomic E-state index is 0.294. The second kappa shape index (κ2) is 5.75. The summed E-state index contributed by atoms with van der Waals surface area (Å²) in [5.74, 6) is 0. The van der Waals surface area contributed by atoms with Crippen LogP contribution in [0.3, 0.4) is 0 Å². The molecule has 0 radical (unpaired) electrons. The molecule has 0 unspecified atom stereocenters. The molecule has 1 aliphatic carbocycles. The highest BCUT2D eigenvalue weighted by atomic mass is 14.2. The monoisotopic (exact) mass is 202 g/mol. The molecule has 0 aliphatic heterocycles. The van der Waals surface area contributed by atoms with Crippen LogP contribution in [0.25, 0.3) is 0 Å². The number of rotatable bonds is 4. The molecule has 15 heavy (non-hydrogen) atoms. The summed E-state index contributed by atoms with van der Waals surface area (Å²) in [5.41, 5.74) is 1.72. The van der Waals surface area contributed by atoms with Gasteiger partial charge >= 0.3 is 0 Å². The summed E-state index contributed by atoms with van der Waals surface area (Å²) < 4.78 is 0. The molecule has 0 aromatic heterocycles. The molecular weight excluding hydrogens is 180 g/mol. The summed E-state index contributed by atoms with van der Waals surface area (Å²) in [5, 5.41) is 0. The Morgan fingerprint density at radius 3 is 2.40 bits per heavy atom. The van der Waals surface area contributed by atoms with E-state index in [4.69, 9.17) is 0 Å². The van der Waals surface area contributed by atoms with Crippen molar-refractivity contribution in [2.45, 2.75) is 40.0 Å². The first kappa shape index (κ1) is 12.0. The highest BCUT2D eigenvalue weighted by Crippen LogP contribution is 2.33. The third-order valence-electron chi connectivity index (χ3n) is 2.93. The van der Waals surface area contributed by atoms with Crippen molar-refractivity contribution < 1.29 is 0 Å². The Hall–Kier alpha value is -1.04. The highest BCUT2D eigenvalue weighted by molar-refractivity contribution is 5.34. The van der Waals surface area contributed by atoms with Crippen LogP contribution in [-0.2, 0) is 0 Å². The molecule has 1 rings (SSSR count). The Kier molecular flexibility index (Phi) is 4.61. The van der Waals surface area contributed by atoms with E-state index in [0.29, 0.717) is 5.41 Å². The van der Waals surface area contributed by atoms with Gasteiger partial charge in [0.05, 0.1) is 0 Å². The lowest BCUT2D eigenvalue weighted by Gasteiger charge is -2.26. The highest BCUT2D eigenvalue weighted by Gasteiger charge is 2.20. The topological polar surface area (TPSA) is 0 Å². The van der Waals surface area contributed by atoms with E-state index in [1.165, 1.54) is 24.8 Å². The van der Waals surface area contributed by atoms with Crippen molar-refractivity contribution in [1.29, 1.82) is 0 Å². The zero-order valence-corrected chi connectivity index (χ0v) is 10.2. The lowest BCUT2D eigenvalue weighted by molar-refractivity contribution is 0.400. The SMILES string of the molecule is CCCCC(C)(C)C1=CC=CC=CC=C1. The zero-order valence-electron chi connectivity index (χ0n) is 10.2. The first-order valence-corrected chi connectivity index (χ1v) is 5.89. The molecular formula is C15H22. The fourth-order valence-electron chi connectivity index (χ4n) is 1.78. The second-order valence-electron chi connectivity index (χ2n) is 4.74. The van der Waals surface area contributed by atoms with Gasteiger partial charge in [-0.1, -0.05) is 76.1 Å². The molecule has 82 valence electrons. The Balaban J connectivity index is 2.76. The Morgan fingerprint density at radius 2 is 1.67 bits per heavy atom. The van der Waals surface area contributed by atoms with Crippen molar-refractivity contribution >= 4 is 0 Å². The summed E-state index contributed by atoms with van der Waals surface area (Å²) in [6.07, 6.45) is 18.8. The summed E-state index contributed by atoms with van der Waals surface area (Å²) in [6.45, 7) is 6.91. The molecule has 0 spiro atoms. The van der Waals surface area contributed by atoms with Crippen LogP contribution in [0.4, 0.5) is 0 Å². The maximum Gasteiger partial charge on any atom is -0.0104 e. The molecule has 0 aromatic rings. The standard InChI is InChI=1S/C15H22/c1-4-5-13-15(2,3)14-11-9-7-6-8-10-12-14/h6-12H,4-5,13H2,1-3H3. The minimum Gasteiger partial charge on any atom is -0.0654 e. The van der Waals surface area contributed by atoms with Crippen molar-refractivity contribution in [2.24, 2.45) is 5.41 Å². The van der Waals surface area contributed by atoms with Crippen LogP contribution in [0.15, 0.2) is 48.1 Å². The van der Waals surface area contributed by atoms with Gasteiger partial charge in [-0.15, -0.1) is 0 Å². The van der Waals surface area contributed by atoms with Crippen LogP contribution < -0.4 is 0 Å². The molecule has 0 heterocycles. The largest absolute Gasteiger partial charge is 0.0654 e. The van der Waals surface area contributed by atoms with E-state index in [-0.39, 0.29) is 0 Å². The minimum atomic E-state index is 0.294. The molecule has 0 bridgehead atoms. The van der Waals surface area contributed by atoms with Crippen molar-refractivity contribution in [3.05, 3.63) is 48.1 Å². The van der Waals surface area contributed by atoms with Crippen LogP contribution in [0.2, 0.25) is 0 Å². The lowest BCUT2D eigenvalue weighted by atomic mass is 9.79. The van der Waals surface area contributed by atoms with E-state index < -0.39 is 0 Å². The average molecular weight is 202 g/mol. The smallest absolute Gasteiger partial charge is 0.0104 e. The van der Waals surface area contributed by atoms with Gasteiger partial charge in [0.15, 0.2) is 0 Å². The fourth-order valence-corrected chi connectivity index (χ4v) is 1.78. The van der Waals surface area contributed by atoms with Gasteiger partial charge in [0.2, 0.25) is 0 Å². The summed E-state index contributed by atoms with van der Waals surface area (Å²) >= 11 is 0. The van der Waals surface area contributed by atoms with Crippen LogP contribution in [0, 0.1) is 5.41 Å². The molecule has 0 N–H and O–H groups in total. The molecule has 0 fully saturated rings. The number of hydrogen-bond acceptors (Lipinski definition) is 0. The van der Waals surface area contributed by atoms with Gasteiger partial charge in [-0.05, 0) is 17.4 Å². The van der Waals surface area contributed by atoms with Crippen molar-refractivity contribution in [2.75, 3.05) is 0 Å². The van der Waals surface area contributed by atoms with Gasteiger partial charge in [0.1, 0.15) is 0 Å². The Labute approximate surface area is 94.1 Å². The van der Waals surface area contributed by atoms with Gasteiger partial charge in [0, 0.05) is 0 Å². The van der Waals surface area contributed by atoms with E-state index >= 15 is 0 Å². The quantitative estimate of drug-likeness (QED) is 0.613. The average Bonchev–Trinajstić information content (AvgIpc) is 2.13. The third kappa shape index (κ3) is 3.91. The van der Waals surface area contributed by atoms with E-state index in [9.17, 15) is 0 Å². The number of hydrogen-bond donors (Lipinski definition) is 0. The van der Waals surface area contributed by atoms with Gasteiger partial charge in [-0.25, -0.2) is 0 Å². The summed E-state index contributed by atoms with van der Waals surface area (Å²) in [4.78, 5) is 0. The molecule has 1 aliphatic rings. The Morgan fingerprint density at radius 1 is 1.00 bits per heavy atom. The number of unbranched alkanes of at least 4 members (excludes halogenated alkanes) is 1. The van der Waals surface area contributed by atoms with E-state index in [0.717, 1.165) is 0 Å². The van der Waals surface area contributed by atoms with Crippen LogP contribution in [0.5, 0.6) is 0 Å².